The number of nitrogens with zero attached hydrogens (tertiary/aromatic N) is 5. The number of amides is 1. The number of carbonyl (C=O) groups excluding carboxylic acids is 1. The van der Waals surface area contributed by atoms with E-state index in [2.05, 4.69) is 15.5 Å². The molecule has 0 saturated heterocycles. The number of hydrogen-bond acceptors (Lipinski definition) is 4. The van der Waals surface area contributed by atoms with Crippen LogP contribution in [0.4, 0.5) is 18.9 Å². The Bertz CT molecular complexity index is 1370. The van der Waals surface area contributed by atoms with E-state index in [1.54, 1.807) is 38.2 Å². The van der Waals surface area contributed by atoms with E-state index in [1.165, 1.54) is 16.9 Å². The van der Waals surface area contributed by atoms with Gasteiger partial charge in [0.2, 0.25) is 0 Å². The average molecular weight is 438 g/mol. The summed E-state index contributed by atoms with van der Waals surface area (Å²) < 4.78 is 42.2. The van der Waals surface area contributed by atoms with E-state index in [0.29, 0.717) is 32.5 Å². The van der Waals surface area contributed by atoms with Gasteiger partial charge >= 0.3 is 6.55 Å². The molecular formula is C22H17F3N6O. The molecule has 2 aromatic carbocycles. The van der Waals surface area contributed by atoms with E-state index >= 15 is 0 Å². The number of benzene rings is 2. The molecule has 2 aromatic heterocycles. The third kappa shape index (κ3) is 3.69. The van der Waals surface area contributed by atoms with Gasteiger partial charge in [-0.05, 0) is 41.8 Å². The Labute approximate surface area is 180 Å². The zero-order valence-electron chi connectivity index (χ0n) is 17.1. The third-order valence-corrected chi connectivity index (χ3v) is 4.98. The molecule has 4 aromatic rings. The second-order valence-electron chi connectivity index (χ2n) is 7.39. The molecule has 0 aliphatic carbocycles. The summed E-state index contributed by atoms with van der Waals surface area (Å²) in [6.07, 6.45) is 3.95. The summed E-state index contributed by atoms with van der Waals surface area (Å²) in [5.74, 6) is -1.67. The summed E-state index contributed by atoms with van der Waals surface area (Å²) in [5, 5.41) is 20.5. The van der Waals surface area contributed by atoms with E-state index in [1.807, 2.05) is 6.07 Å². The van der Waals surface area contributed by atoms with Crippen molar-refractivity contribution in [3.8, 4) is 11.8 Å². The van der Waals surface area contributed by atoms with Crippen molar-refractivity contribution in [2.45, 2.75) is 26.3 Å². The Morgan fingerprint density at radius 2 is 1.94 bits per heavy atom. The molecular weight excluding hydrogens is 421 g/mol. The van der Waals surface area contributed by atoms with Crippen LogP contribution < -0.4 is 5.32 Å². The fourth-order valence-corrected chi connectivity index (χ4v) is 3.56. The molecule has 0 atom stereocenters. The van der Waals surface area contributed by atoms with Crippen LogP contribution >= 0.6 is 0 Å². The SMILES string of the molecule is CC(C)c1c(C#N)ccc(F)c1C(=O)Nc1ccc2cnn(-c3cnn(C(F)F)c3)c2c1. The van der Waals surface area contributed by atoms with Crippen molar-refractivity contribution in [3.63, 3.8) is 0 Å². The zero-order valence-corrected chi connectivity index (χ0v) is 17.1. The molecule has 4 rings (SSSR count). The van der Waals surface area contributed by atoms with Crippen LogP contribution in [0.3, 0.4) is 0 Å². The second-order valence-corrected chi connectivity index (χ2v) is 7.39. The van der Waals surface area contributed by atoms with Gasteiger partial charge in [0.15, 0.2) is 0 Å². The predicted octanol–water partition coefficient (Wildman–Crippen LogP) is 5.00. The van der Waals surface area contributed by atoms with Crippen LogP contribution in [0, 0.1) is 17.1 Å². The molecule has 2 heterocycles. The minimum absolute atomic E-state index is 0.189. The third-order valence-electron chi connectivity index (χ3n) is 4.98. The summed E-state index contributed by atoms with van der Waals surface area (Å²) >= 11 is 0. The van der Waals surface area contributed by atoms with Crippen molar-refractivity contribution >= 4 is 22.5 Å². The Kier molecular flexibility index (Phi) is 5.40. The molecule has 0 bridgehead atoms. The van der Waals surface area contributed by atoms with E-state index in [-0.39, 0.29) is 17.0 Å². The highest BCUT2D eigenvalue weighted by Gasteiger charge is 2.22. The number of carbonyl (C=O) groups is 1. The first-order valence-corrected chi connectivity index (χ1v) is 9.64. The van der Waals surface area contributed by atoms with Crippen molar-refractivity contribution in [3.05, 3.63) is 71.4 Å². The van der Waals surface area contributed by atoms with Crippen LogP contribution in [0.5, 0.6) is 0 Å². The Morgan fingerprint density at radius 3 is 2.59 bits per heavy atom. The fraction of sp³-hybridized carbons (Fsp3) is 0.182. The van der Waals surface area contributed by atoms with E-state index in [4.69, 9.17) is 0 Å². The molecule has 7 nitrogen and oxygen atoms in total. The van der Waals surface area contributed by atoms with Gasteiger partial charge in [-0.15, -0.1) is 0 Å². The number of halogens is 3. The van der Waals surface area contributed by atoms with E-state index in [0.717, 1.165) is 12.3 Å². The lowest BCUT2D eigenvalue weighted by molar-refractivity contribution is 0.0566. The van der Waals surface area contributed by atoms with Crippen molar-refractivity contribution in [2.24, 2.45) is 0 Å². The minimum Gasteiger partial charge on any atom is -0.322 e. The number of rotatable bonds is 5. The topological polar surface area (TPSA) is 88.5 Å². The van der Waals surface area contributed by atoms with Gasteiger partial charge < -0.3 is 5.32 Å². The molecule has 32 heavy (non-hydrogen) atoms. The van der Waals surface area contributed by atoms with Crippen LogP contribution in [0.15, 0.2) is 48.9 Å². The van der Waals surface area contributed by atoms with E-state index in [9.17, 15) is 23.2 Å². The van der Waals surface area contributed by atoms with Crippen LogP contribution in [0.1, 0.15) is 47.8 Å². The highest BCUT2D eigenvalue weighted by atomic mass is 19.3. The largest absolute Gasteiger partial charge is 0.333 e. The maximum atomic E-state index is 14.6. The van der Waals surface area contributed by atoms with Gasteiger partial charge in [0.05, 0.1) is 41.3 Å². The maximum Gasteiger partial charge on any atom is 0.333 e. The summed E-state index contributed by atoms with van der Waals surface area (Å²) in [4.78, 5) is 13.0. The molecule has 0 aliphatic rings. The van der Waals surface area contributed by atoms with Crippen LogP contribution in [-0.4, -0.2) is 25.5 Å². The number of aromatic nitrogens is 4. The maximum absolute atomic E-state index is 14.6. The highest BCUT2D eigenvalue weighted by Crippen LogP contribution is 2.28. The number of hydrogen-bond donors (Lipinski definition) is 1. The molecule has 1 N–H and O–H groups in total. The number of alkyl halides is 2. The van der Waals surface area contributed by atoms with Gasteiger partial charge in [0, 0.05) is 11.1 Å². The van der Waals surface area contributed by atoms with Crippen LogP contribution in [0.2, 0.25) is 0 Å². The summed E-state index contributed by atoms with van der Waals surface area (Å²) in [5.41, 5.74) is 1.57. The first-order chi connectivity index (χ1) is 15.3. The predicted molar refractivity (Wildman–Crippen MR) is 111 cm³/mol. The van der Waals surface area contributed by atoms with Crippen molar-refractivity contribution in [1.82, 2.24) is 19.6 Å². The van der Waals surface area contributed by atoms with E-state index < -0.39 is 18.3 Å². The zero-order chi connectivity index (χ0) is 23.0. The van der Waals surface area contributed by atoms with Crippen molar-refractivity contribution in [1.29, 1.82) is 5.26 Å². The van der Waals surface area contributed by atoms with Crippen LogP contribution in [-0.2, 0) is 0 Å². The van der Waals surface area contributed by atoms with Gasteiger partial charge in [-0.25, -0.2) is 13.8 Å². The normalized spacial score (nSPS) is 11.3. The number of fused-ring (bicyclic) bond motifs is 1. The van der Waals surface area contributed by atoms with Crippen molar-refractivity contribution < 1.29 is 18.0 Å². The van der Waals surface area contributed by atoms with Crippen LogP contribution in [0.25, 0.3) is 16.6 Å². The first-order valence-electron chi connectivity index (χ1n) is 9.64. The van der Waals surface area contributed by atoms with Gasteiger partial charge in [-0.1, -0.05) is 13.8 Å². The van der Waals surface area contributed by atoms with Gasteiger partial charge in [0.25, 0.3) is 5.91 Å². The number of nitriles is 1. The van der Waals surface area contributed by atoms with Crippen molar-refractivity contribution in [2.75, 3.05) is 5.32 Å². The fourth-order valence-electron chi connectivity index (χ4n) is 3.56. The van der Waals surface area contributed by atoms with Gasteiger partial charge in [-0.3, -0.25) is 4.79 Å². The summed E-state index contributed by atoms with van der Waals surface area (Å²) in [6, 6.07) is 9.36. The summed E-state index contributed by atoms with van der Waals surface area (Å²) in [7, 11) is 0. The standard InChI is InChI=1S/C22H17F3N6O/c1-12(2)19-13(8-26)4-6-17(23)20(19)21(32)29-15-5-3-14-9-28-31(18(14)7-15)16-10-27-30(11-16)22(24)25/h3-7,9-12,22H,1-2H3,(H,29,32). The lowest BCUT2D eigenvalue weighted by Gasteiger charge is -2.15. The quantitative estimate of drug-likeness (QED) is 0.475. The molecule has 1 amide bonds. The number of anilines is 1. The molecule has 0 unspecified atom stereocenters. The molecule has 0 fully saturated rings. The molecule has 10 heteroatoms. The molecule has 0 radical (unpaired) electrons. The van der Waals surface area contributed by atoms with Gasteiger partial charge in [0.1, 0.15) is 11.5 Å². The second kappa shape index (κ2) is 8.19. The highest BCUT2D eigenvalue weighted by molar-refractivity contribution is 6.06. The first kappa shape index (κ1) is 21.1. The Morgan fingerprint density at radius 1 is 1.16 bits per heavy atom. The lowest BCUT2D eigenvalue weighted by atomic mass is 9.91. The Hall–Kier alpha value is -4.13. The van der Waals surface area contributed by atoms with Gasteiger partial charge in [-0.2, -0.15) is 24.2 Å². The lowest BCUT2D eigenvalue weighted by Crippen LogP contribution is -2.18. The Balaban J connectivity index is 1.72. The average Bonchev–Trinajstić information content (AvgIpc) is 3.40. The summed E-state index contributed by atoms with van der Waals surface area (Å²) in [6.45, 7) is 0.766. The molecule has 162 valence electrons. The monoisotopic (exact) mass is 438 g/mol. The molecule has 0 spiro atoms. The molecule has 0 aliphatic heterocycles. The smallest absolute Gasteiger partial charge is 0.322 e. The minimum atomic E-state index is -2.78. The number of nitrogens with one attached hydrogen (secondary N) is 1. The molecule has 0 saturated carbocycles.